The summed E-state index contributed by atoms with van der Waals surface area (Å²) in [6, 6.07) is 31.0. The molecule has 8 atom stereocenters. The lowest BCUT2D eigenvalue weighted by Gasteiger charge is -2.35. The van der Waals surface area contributed by atoms with Crippen LogP contribution in [0.3, 0.4) is 0 Å². The van der Waals surface area contributed by atoms with Gasteiger partial charge in [-0.05, 0) is 268 Å². The lowest BCUT2D eigenvalue weighted by molar-refractivity contribution is -0.141. The molecule has 26 heteroatoms. The van der Waals surface area contributed by atoms with E-state index in [0.717, 1.165) is 170 Å². The summed E-state index contributed by atoms with van der Waals surface area (Å²) in [4.78, 5) is 135. The highest BCUT2D eigenvalue weighted by Crippen LogP contribution is 2.47. The Labute approximate surface area is 871 Å². The van der Waals surface area contributed by atoms with Crippen molar-refractivity contribution in [2.45, 2.75) is 317 Å². The van der Waals surface area contributed by atoms with Crippen molar-refractivity contribution in [3.63, 3.8) is 0 Å². The average molecular weight is 2020 g/mol. The maximum Gasteiger partial charge on any atom is 0.325 e. The maximum absolute atomic E-state index is 13.4. The highest BCUT2D eigenvalue weighted by molar-refractivity contribution is 7.14. The fourth-order valence-electron chi connectivity index (χ4n) is 21.8. The second kappa shape index (κ2) is 51.5. The van der Waals surface area contributed by atoms with E-state index in [-0.39, 0.29) is 65.7 Å². The van der Waals surface area contributed by atoms with Gasteiger partial charge in [0.15, 0.2) is 17.5 Å². The number of nitrogens with one attached hydrogen (secondary N) is 7. The van der Waals surface area contributed by atoms with Crippen LogP contribution in [0.2, 0.25) is 0 Å². The van der Waals surface area contributed by atoms with Crippen LogP contribution in [0.5, 0.6) is 0 Å². The Balaban J connectivity index is 0.000000172. The van der Waals surface area contributed by atoms with Gasteiger partial charge in [-0.3, -0.25) is 38.4 Å². The predicted molar refractivity (Wildman–Crippen MR) is 584 cm³/mol. The van der Waals surface area contributed by atoms with Gasteiger partial charge in [0.2, 0.25) is 17.7 Å². The molecule has 774 valence electrons. The molecule has 0 spiro atoms. The Morgan fingerprint density at radius 3 is 0.938 bits per heavy atom. The predicted octanol–water partition coefficient (Wildman–Crippen LogP) is 23.6. The molecule has 6 aromatic heterocycles. The zero-order valence-corrected chi connectivity index (χ0v) is 90.0. The van der Waals surface area contributed by atoms with E-state index in [1.165, 1.54) is 180 Å². The van der Waals surface area contributed by atoms with Crippen molar-refractivity contribution in [3.8, 4) is 34.2 Å². The van der Waals surface area contributed by atoms with E-state index in [0.29, 0.717) is 51.0 Å². The van der Waals surface area contributed by atoms with E-state index in [9.17, 15) is 43.5 Å². The van der Waals surface area contributed by atoms with Crippen LogP contribution < -0.4 is 37.2 Å². The topological polar surface area (TPSA) is 339 Å². The fraction of sp³-hybridized carbons (Fsp3) is 0.529. The number of amides is 6. The Morgan fingerprint density at radius 1 is 0.366 bits per heavy atom. The number of nitrogens with zero attached hydrogens (tertiary/aromatic N) is 6. The zero-order chi connectivity index (χ0) is 103. The molecule has 0 bridgehead atoms. The molecule has 4 fully saturated rings. The Bertz CT molecular complexity index is 5900. The first-order valence-corrected chi connectivity index (χ1v) is 56.1. The Kier molecular flexibility index (Phi) is 39.0. The molecular weight excluding hydrogens is 1870 g/mol. The van der Waals surface area contributed by atoms with Crippen molar-refractivity contribution in [2.24, 2.45) is 59.2 Å². The minimum atomic E-state index is -1.15. The number of rotatable bonds is 34. The molecule has 23 nitrogen and oxygen atoms in total. The van der Waals surface area contributed by atoms with Gasteiger partial charge in [-0.2, -0.15) is 0 Å². The number of thiophene rings is 3. The largest absolute Gasteiger partial charge is 0.481 e. The van der Waals surface area contributed by atoms with Crippen molar-refractivity contribution in [1.29, 1.82) is 0 Å². The van der Waals surface area contributed by atoms with Crippen LogP contribution >= 0.6 is 34.0 Å². The summed E-state index contributed by atoms with van der Waals surface area (Å²) >= 11 is 4.28. The number of hydrogen-bond donors (Lipinski definition) is 9. The summed E-state index contributed by atoms with van der Waals surface area (Å²) in [6.45, 7) is 29.8. The summed E-state index contributed by atoms with van der Waals surface area (Å²) in [5, 5.41) is 38.7. The number of carbonyl (C=O) groups is 8. The van der Waals surface area contributed by atoms with Gasteiger partial charge >= 0.3 is 11.9 Å². The van der Waals surface area contributed by atoms with Gasteiger partial charge in [0.1, 0.15) is 24.2 Å². The van der Waals surface area contributed by atoms with Crippen LogP contribution in [0.4, 0.5) is 0 Å². The molecule has 1 aliphatic heterocycles. The summed E-state index contributed by atoms with van der Waals surface area (Å²) in [7, 11) is 0. The standard InChI is InChI=1S/C41H55N5O2S.2C39H50N4O4S/c1-5-27-6-10-30(11-7-27)31-14-16-32(17-15-31)34-25-43-38(44-26-34)33-12-8-28(9-13-33)22-35(39(47)45-24-29-20-21-42-23-29)46-40(48)36-18-19-37(49-36)41(2,3)4;1-6-25-7-11-27(12-8-25)28-15-17-29(18-16-28)31-22-40-35(41-23-31)30-13-9-26(10-14-30)21-32(36(44)42-24(2)38(46)47)43-37(45)33-19-20-34(48-33)39(3,4)5;1-5-25-6-10-27(11-7-25)28-14-16-29(17-15-28)31-23-41-36(42-24-31)30-12-8-26(9-13-30)22-32(37(46)40-21-20-35(44)45)43-38(47)33-18-19-34(48-33)39(2,3)4/h8-9,12-13,16,18-19,25-27,29-31,35,42H,5-7,10-11,14-15,17,20-24H2,1-4H3,(H,45,47)(H,46,48);9-10,13-14,17,19-20,22-25,27-28,32H,6-8,11-12,15-16,18,21H2,1-5H3,(H,42,44)(H,43,45)(H,46,47);8-9,12-13,16,18-19,23-25,27-28,32H,5-7,10-11,14-15,17,20-22H2,1-4H3,(H,40,46)(H,43,47)(H,44,45)/t27?,29?,30?,31?,35-;24-,25?,27?,28?,32+;25?,27?,28?,32-/m010/s1. The normalized spacial score (nSPS) is 21.7. The number of carboxylic acids is 2. The molecule has 6 amide bonds. The Morgan fingerprint density at radius 2 is 0.676 bits per heavy atom. The zero-order valence-electron chi connectivity index (χ0n) is 87.6. The number of benzene rings is 3. The van der Waals surface area contributed by atoms with E-state index in [2.05, 4.69) is 158 Å². The second-order valence-electron chi connectivity index (χ2n) is 44.9. The first-order chi connectivity index (χ1) is 69.6. The van der Waals surface area contributed by atoms with Gasteiger partial charge < -0.3 is 47.4 Å². The number of aromatic nitrogens is 6. The van der Waals surface area contributed by atoms with Crippen LogP contribution in [-0.2, 0) is 59.5 Å². The first-order valence-electron chi connectivity index (χ1n) is 53.6. The smallest absolute Gasteiger partial charge is 0.325 e. The fourth-order valence-corrected chi connectivity index (χ4v) is 24.7. The average Bonchev–Trinajstić information content (AvgIpc) is 1.83. The van der Waals surface area contributed by atoms with E-state index >= 15 is 0 Å². The van der Waals surface area contributed by atoms with Gasteiger partial charge in [0.25, 0.3) is 17.7 Å². The number of carbonyl (C=O) groups excluding carboxylic acids is 6. The molecule has 7 aliphatic rings. The Hall–Kier alpha value is -11.1. The second-order valence-corrected chi connectivity index (χ2v) is 48.1. The highest BCUT2D eigenvalue weighted by atomic mass is 32.1. The van der Waals surface area contributed by atoms with Crippen LogP contribution in [0.15, 0.2) is 165 Å². The van der Waals surface area contributed by atoms with Gasteiger partial charge in [-0.1, -0.05) is 232 Å². The molecule has 145 heavy (non-hydrogen) atoms. The molecule has 7 heterocycles. The highest BCUT2D eigenvalue weighted by Gasteiger charge is 2.36. The van der Waals surface area contributed by atoms with Crippen LogP contribution in [0, 0.1) is 59.2 Å². The molecule has 9 N–H and O–H groups in total. The van der Waals surface area contributed by atoms with Gasteiger partial charge in [-0.25, -0.2) is 29.9 Å². The van der Waals surface area contributed by atoms with Crippen LogP contribution in [-0.4, -0.2) is 138 Å². The minimum Gasteiger partial charge on any atom is -0.481 e. The third-order valence-electron chi connectivity index (χ3n) is 31.5. The van der Waals surface area contributed by atoms with Crippen molar-refractivity contribution in [2.75, 3.05) is 26.2 Å². The van der Waals surface area contributed by atoms with Crippen molar-refractivity contribution >= 4 is 98.1 Å². The molecule has 4 unspecified atom stereocenters. The van der Waals surface area contributed by atoms with Gasteiger partial charge in [-0.15, -0.1) is 34.0 Å². The third-order valence-corrected chi connectivity index (χ3v) is 36.0. The van der Waals surface area contributed by atoms with Crippen molar-refractivity contribution in [3.05, 3.63) is 227 Å². The SMILES string of the molecule is CCC1CCC(C2CC=C(c3cnc(-c4ccc(C[C@H](NC(=O)c5ccc(C(C)(C)C)s5)C(=O)NCC5CCNC5)cc4)nc3)CC2)CC1.CCC1CCC(C2CC=C(c3cnc(-c4ccc(C[C@H](NC(=O)c5ccc(C(C)(C)C)s5)C(=O)NCCC(=O)O)cc4)nc3)CC2)CC1.CCC1CCC(C2CC=C(c3cnc(-c4ccc(C[C@H](NC(=O)c5ccc(C(C)(C)C)s5)C(=O)N[C@H](C)C(=O)O)cc4)nc3)CC2)CC1. The summed E-state index contributed by atoms with van der Waals surface area (Å²) in [6.07, 6.45) is 52.0. The molecule has 1 saturated heterocycles. The first kappa shape index (κ1) is 110. The van der Waals surface area contributed by atoms with E-state index < -0.39 is 47.9 Å². The number of aliphatic carboxylic acids is 2. The van der Waals surface area contributed by atoms with Crippen molar-refractivity contribution in [1.82, 2.24) is 67.1 Å². The molecule has 0 radical (unpaired) electrons. The molecule has 6 aliphatic carbocycles. The number of carboxylic acid groups (broad SMARTS) is 2. The summed E-state index contributed by atoms with van der Waals surface area (Å²) in [5.74, 6) is 6.12. The van der Waals surface area contributed by atoms with E-state index in [4.69, 9.17) is 15.1 Å². The maximum atomic E-state index is 13.4. The summed E-state index contributed by atoms with van der Waals surface area (Å²) < 4.78 is 0. The monoisotopic (exact) mass is 2020 g/mol. The van der Waals surface area contributed by atoms with Crippen molar-refractivity contribution < 1.29 is 48.6 Å². The molecule has 9 aromatic rings. The van der Waals surface area contributed by atoms with E-state index in [1.807, 2.05) is 134 Å². The number of hydrogen-bond acceptors (Lipinski definition) is 18. The molecular formula is C119H155N13O10S3. The molecule has 3 saturated carbocycles. The molecule has 3 aromatic carbocycles. The number of allylic oxidation sites excluding steroid dienone is 6. The quantitative estimate of drug-likeness (QED) is 0.0181. The third kappa shape index (κ3) is 31.3. The lowest BCUT2D eigenvalue weighted by atomic mass is 9.71. The van der Waals surface area contributed by atoms with Crippen LogP contribution in [0.25, 0.3) is 50.9 Å². The van der Waals surface area contributed by atoms with Crippen LogP contribution in [0.1, 0.15) is 334 Å². The van der Waals surface area contributed by atoms with Gasteiger partial charge in [0, 0.05) is 118 Å². The van der Waals surface area contributed by atoms with E-state index in [1.54, 1.807) is 12.1 Å². The summed E-state index contributed by atoms with van der Waals surface area (Å²) in [5.41, 5.74) is 12.4. The minimum absolute atomic E-state index is 0.0165. The lowest BCUT2D eigenvalue weighted by Crippen LogP contribution is -2.51. The molecule has 16 rings (SSSR count). The van der Waals surface area contributed by atoms with Gasteiger partial charge in [0.05, 0.1) is 21.1 Å².